The first kappa shape index (κ1) is 21.0. The molecule has 1 fully saturated rings. The van der Waals surface area contributed by atoms with Crippen molar-refractivity contribution >= 4 is 36.6 Å². The third-order valence-electron chi connectivity index (χ3n) is 3.46. The number of hydrogen-bond acceptors (Lipinski definition) is 3. The normalized spacial score (nSPS) is 17.2. The fourth-order valence-electron chi connectivity index (χ4n) is 2.21. The zero-order valence-electron chi connectivity index (χ0n) is 11.5. The summed E-state index contributed by atoms with van der Waals surface area (Å²) in [7, 11) is 0. The van der Waals surface area contributed by atoms with Crippen LogP contribution < -0.4 is 0 Å². The minimum Gasteiger partial charge on any atom is -0.481 e. The lowest BCUT2D eigenvalue weighted by Gasteiger charge is -2.26. The van der Waals surface area contributed by atoms with E-state index in [0.717, 1.165) is 38.9 Å². The second-order valence-corrected chi connectivity index (χ2v) is 4.85. The SMILES string of the molecule is CCCCC(CCN1CCC(=O)CC1)C(=O)O.Cl.Cl. The molecule has 0 aromatic heterocycles. The van der Waals surface area contributed by atoms with E-state index in [1.54, 1.807) is 0 Å². The van der Waals surface area contributed by atoms with Crippen LogP contribution in [-0.2, 0) is 9.59 Å². The monoisotopic (exact) mass is 313 g/mol. The predicted octanol–water partition coefficient (Wildman–Crippen LogP) is 2.78. The first-order chi connectivity index (χ1) is 8.13. The number of unbranched alkanes of at least 4 members (excludes halogenated alkanes) is 1. The van der Waals surface area contributed by atoms with Gasteiger partial charge in [0, 0.05) is 25.9 Å². The van der Waals surface area contributed by atoms with E-state index in [1.807, 2.05) is 0 Å². The summed E-state index contributed by atoms with van der Waals surface area (Å²) < 4.78 is 0. The van der Waals surface area contributed by atoms with Crippen molar-refractivity contribution in [2.45, 2.75) is 45.4 Å². The third-order valence-corrected chi connectivity index (χ3v) is 3.46. The highest BCUT2D eigenvalue weighted by atomic mass is 35.5. The van der Waals surface area contributed by atoms with Gasteiger partial charge < -0.3 is 10.0 Å². The first-order valence-electron chi connectivity index (χ1n) is 6.60. The standard InChI is InChI=1S/C13H23NO3.2ClH/c1-2-3-4-11(13(16)17)5-8-14-9-6-12(15)7-10-14;;/h11H,2-10H2,1H3,(H,16,17);2*1H. The Bertz CT molecular complexity index is 265. The van der Waals surface area contributed by atoms with Gasteiger partial charge in [0.25, 0.3) is 0 Å². The summed E-state index contributed by atoms with van der Waals surface area (Å²) in [5, 5.41) is 9.10. The molecule has 1 unspecified atom stereocenters. The number of likely N-dealkylation sites (tertiary alicyclic amines) is 1. The van der Waals surface area contributed by atoms with Gasteiger partial charge in [-0.1, -0.05) is 19.8 Å². The van der Waals surface area contributed by atoms with Crippen LogP contribution >= 0.6 is 24.8 Å². The molecule has 19 heavy (non-hydrogen) atoms. The lowest BCUT2D eigenvalue weighted by atomic mass is 9.98. The molecule has 1 aliphatic rings. The molecule has 0 radical (unpaired) electrons. The average molecular weight is 314 g/mol. The summed E-state index contributed by atoms with van der Waals surface area (Å²) in [5.41, 5.74) is 0. The third kappa shape index (κ3) is 8.45. The van der Waals surface area contributed by atoms with Gasteiger partial charge in [0.1, 0.15) is 5.78 Å². The van der Waals surface area contributed by atoms with Gasteiger partial charge in [-0.2, -0.15) is 0 Å². The van der Waals surface area contributed by atoms with E-state index in [2.05, 4.69) is 11.8 Å². The molecule has 1 atom stereocenters. The molecule has 6 heteroatoms. The van der Waals surface area contributed by atoms with Crippen molar-refractivity contribution in [3.8, 4) is 0 Å². The largest absolute Gasteiger partial charge is 0.481 e. The topological polar surface area (TPSA) is 57.6 Å². The van der Waals surface area contributed by atoms with Gasteiger partial charge in [-0.25, -0.2) is 0 Å². The number of piperidine rings is 1. The molecule has 0 aromatic carbocycles. The summed E-state index contributed by atoms with van der Waals surface area (Å²) in [5.74, 6) is -0.555. The number of carboxylic acids is 1. The molecule has 1 aliphatic heterocycles. The number of halogens is 2. The van der Waals surface area contributed by atoms with Crippen molar-refractivity contribution in [3.63, 3.8) is 0 Å². The summed E-state index contributed by atoms with van der Waals surface area (Å²) in [6, 6.07) is 0. The Hall–Kier alpha value is -0.320. The molecule has 1 N–H and O–H groups in total. The highest BCUT2D eigenvalue weighted by molar-refractivity contribution is 5.85. The van der Waals surface area contributed by atoms with Crippen LogP contribution in [0.4, 0.5) is 0 Å². The van der Waals surface area contributed by atoms with E-state index in [1.165, 1.54) is 0 Å². The Labute approximate surface area is 127 Å². The molecule has 1 heterocycles. The average Bonchev–Trinajstić information content (AvgIpc) is 2.31. The number of ketones is 1. The van der Waals surface area contributed by atoms with Crippen LogP contribution in [0.3, 0.4) is 0 Å². The molecule has 0 spiro atoms. The van der Waals surface area contributed by atoms with Crippen molar-refractivity contribution in [2.24, 2.45) is 5.92 Å². The van der Waals surface area contributed by atoms with E-state index >= 15 is 0 Å². The van der Waals surface area contributed by atoms with E-state index < -0.39 is 5.97 Å². The number of Topliss-reactive ketones (excluding diaryl/α,β-unsaturated/α-hetero) is 1. The minimum atomic E-state index is -0.675. The fraction of sp³-hybridized carbons (Fsp3) is 0.846. The maximum absolute atomic E-state index is 11.1. The van der Waals surface area contributed by atoms with Crippen LogP contribution in [0.5, 0.6) is 0 Å². The molecule has 0 bridgehead atoms. The Morgan fingerprint density at radius 3 is 2.32 bits per heavy atom. The molecule has 0 saturated carbocycles. The lowest BCUT2D eigenvalue weighted by molar-refractivity contribution is -0.142. The number of hydrogen-bond donors (Lipinski definition) is 1. The molecular weight excluding hydrogens is 289 g/mol. The van der Waals surface area contributed by atoms with E-state index in [-0.39, 0.29) is 30.7 Å². The van der Waals surface area contributed by atoms with Crippen molar-refractivity contribution in [2.75, 3.05) is 19.6 Å². The molecule has 1 saturated heterocycles. The zero-order valence-corrected chi connectivity index (χ0v) is 13.1. The van der Waals surface area contributed by atoms with Crippen LogP contribution in [0.2, 0.25) is 0 Å². The summed E-state index contributed by atoms with van der Waals surface area (Å²) in [4.78, 5) is 24.3. The fourth-order valence-corrected chi connectivity index (χ4v) is 2.21. The van der Waals surface area contributed by atoms with Gasteiger partial charge >= 0.3 is 5.97 Å². The molecule has 0 aromatic rings. The Balaban J connectivity index is 0. The van der Waals surface area contributed by atoms with Crippen LogP contribution in [0.15, 0.2) is 0 Å². The van der Waals surface area contributed by atoms with Crippen molar-refractivity contribution in [1.82, 2.24) is 4.90 Å². The smallest absolute Gasteiger partial charge is 0.306 e. The Kier molecular flexibility index (Phi) is 12.7. The Morgan fingerprint density at radius 2 is 1.84 bits per heavy atom. The lowest BCUT2D eigenvalue weighted by Crippen LogP contribution is -2.35. The number of carbonyl (C=O) groups is 2. The van der Waals surface area contributed by atoms with Gasteiger partial charge in [-0.3, -0.25) is 9.59 Å². The molecule has 114 valence electrons. The van der Waals surface area contributed by atoms with Crippen LogP contribution in [0.25, 0.3) is 0 Å². The number of rotatable bonds is 7. The van der Waals surface area contributed by atoms with Crippen LogP contribution in [-0.4, -0.2) is 41.4 Å². The van der Waals surface area contributed by atoms with Crippen molar-refractivity contribution < 1.29 is 14.7 Å². The van der Waals surface area contributed by atoms with Gasteiger partial charge in [0.05, 0.1) is 5.92 Å². The molecule has 1 rings (SSSR count). The zero-order chi connectivity index (χ0) is 12.7. The second kappa shape index (κ2) is 11.5. The minimum absolute atomic E-state index is 0. The highest BCUT2D eigenvalue weighted by Crippen LogP contribution is 2.15. The summed E-state index contributed by atoms with van der Waals surface area (Å²) in [6.45, 7) is 4.50. The van der Waals surface area contributed by atoms with Crippen molar-refractivity contribution in [1.29, 1.82) is 0 Å². The predicted molar refractivity (Wildman–Crippen MR) is 80.4 cm³/mol. The van der Waals surface area contributed by atoms with Crippen LogP contribution in [0, 0.1) is 5.92 Å². The quantitative estimate of drug-likeness (QED) is 0.785. The maximum Gasteiger partial charge on any atom is 0.306 e. The van der Waals surface area contributed by atoms with E-state index in [9.17, 15) is 9.59 Å². The highest BCUT2D eigenvalue weighted by Gasteiger charge is 2.20. The van der Waals surface area contributed by atoms with E-state index in [0.29, 0.717) is 25.0 Å². The van der Waals surface area contributed by atoms with Gasteiger partial charge in [0.15, 0.2) is 0 Å². The van der Waals surface area contributed by atoms with Gasteiger partial charge in [0.2, 0.25) is 0 Å². The summed E-state index contributed by atoms with van der Waals surface area (Å²) in [6.07, 6.45) is 4.78. The number of carbonyl (C=O) groups excluding carboxylic acids is 1. The van der Waals surface area contributed by atoms with Gasteiger partial charge in [-0.05, 0) is 19.4 Å². The second-order valence-electron chi connectivity index (χ2n) is 4.85. The maximum atomic E-state index is 11.1. The Morgan fingerprint density at radius 1 is 1.26 bits per heavy atom. The first-order valence-corrected chi connectivity index (χ1v) is 6.60. The number of carboxylic acid groups (broad SMARTS) is 1. The number of nitrogens with zero attached hydrogens (tertiary/aromatic N) is 1. The number of aliphatic carboxylic acids is 1. The van der Waals surface area contributed by atoms with E-state index in [4.69, 9.17) is 5.11 Å². The van der Waals surface area contributed by atoms with Gasteiger partial charge in [-0.15, -0.1) is 24.8 Å². The van der Waals surface area contributed by atoms with Crippen molar-refractivity contribution in [3.05, 3.63) is 0 Å². The summed E-state index contributed by atoms with van der Waals surface area (Å²) >= 11 is 0. The molecule has 0 amide bonds. The molecular formula is C13H25Cl2NO3. The molecule has 4 nitrogen and oxygen atoms in total. The van der Waals surface area contributed by atoms with Crippen LogP contribution in [0.1, 0.15) is 45.4 Å². The molecule has 0 aliphatic carbocycles.